The highest BCUT2D eigenvalue weighted by molar-refractivity contribution is 6.33. The summed E-state index contributed by atoms with van der Waals surface area (Å²) < 4.78 is 26.6. The number of carboxylic acids is 1. The maximum absolute atomic E-state index is 14.6. The van der Waals surface area contributed by atoms with Crippen LogP contribution in [0.5, 0.6) is 0 Å². The van der Waals surface area contributed by atoms with E-state index in [1.54, 1.807) is 0 Å². The molecule has 5 rings (SSSR count). The molecule has 0 spiro atoms. The first-order chi connectivity index (χ1) is 16.8. The fourth-order valence-corrected chi connectivity index (χ4v) is 5.30. The second-order valence-electron chi connectivity index (χ2n) is 9.62. The van der Waals surface area contributed by atoms with E-state index in [9.17, 15) is 14.3 Å². The summed E-state index contributed by atoms with van der Waals surface area (Å²) in [5, 5.41) is 25.2. The number of halogens is 2. The van der Waals surface area contributed by atoms with Crippen LogP contribution >= 0.6 is 11.6 Å². The number of ether oxygens (including phenoxy) is 1. The third-order valence-corrected chi connectivity index (χ3v) is 7.48. The lowest BCUT2D eigenvalue weighted by atomic mass is 9.78. The quantitative estimate of drug-likeness (QED) is 0.392. The van der Waals surface area contributed by atoms with Gasteiger partial charge < -0.3 is 19.5 Å². The van der Waals surface area contributed by atoms with Crippen LogP contribution in [-0.2, 0) is 16.9 Å². The van der Waals surface area contributed by atoms with Gasteiger partial charge in [-0.2, -0.15) is 0 Å². The van der Waals surface area contributed by atoms with Gasteiger partial charge in [0.1, 0.15) is 17.3 Å². The maximum atomic E-state index is 14.6. The lowest BCUT2D eigenvalue weighted by molar-refractivity contribution is -0.0656. The summed E-state index contributed by atoms with van der Waals surface area (Å²) in [5.41, 5.74) is 2.12. The van der Waals surface area contributed by atoms with Gasteiger partial charge >= 0.3 is 5.97 Å². The zero-order chi connectivity index (χ0) is 24.7. The van der Waals surface area contributed by atoms with Crippen LogP contribution < -0.4 is 0 Å². The Balaban J connectivity index is 1.30. The molecule has 0 radical (unpaired) electrons. The average Bonchev–Trinajstić information content (AvgIpc) is 3.59. The first-order valence-electron chi connectivity index (χ1n) is 11.9. The maximum Gasteiger partial charge on any atom is 0.335 e. The van der Waals surface area contributed by atoms with Crippen LogP contribution in [0.4, 0.5) is 4.39 Å². The zero-order valence-electron chi connectivity index (χ0n) is 19.4. The van der Waals surface area contributed by atoms with Crippen LogP contribution in [0.25, 0.3) is 11.3 Å². The number of aryl methyl sites for hydroxylation is 1. The molecule has 0 saturated heterocycles. The Bertz CT molecular complexity index is 1240. The molecule has 2 fully saturated rings. The van der Waals surface area contributed by atoms with Crippen molar-refractivity contribution < 1.29 is 28.7 Å². The number of hydrogen-bond acceptors (Lipinski definition) is 5. The highest BCUT2D eigenvalue weighted by Gasteiger charge is 2.38. The third-order valence-electron chi connectivity index (χ3n) is 7.17. The van der Waals surface area contributed by atoms with E-state index in [2.05, 4.69) is 5.16 Å². The van der Waals surface area contributed by atoms with Gasteiger partial charge in [-0.1, -0.05) is 35.0 Å². The predicted octanol–water partition coefficient (Wildman–Crippen LogP) is 6.37. The van der Waals surface area contributed by atoms with Crippen molar-refractivity contribution in [1.29, 1.82) is 0 Å². The SMILES string of the molecule is Cc1cccc(Cl)c1-c1noc(C2CC2)c1COC1CCC(O)(c2ccc(C(=O)O)cc2F)CC1. The summed E-state index contributed by atoms with van der Waals surface area (Å²) in [6.45, 7) is 2.31. The van der Waals surface area contributed by atoms with E-state index in [1.807, 2.05) is 25.1 Å². The van der Waals surface area contributed by atoms with Gasteiger partial charge in [0.15, 0.2) is 0 Å². The normalized spacial score (nSPS) is 22.3. The molecule has 2 aromatic carbocycles. The summed E-state index contributed by atoms with van der Waals surface area (Å²) in [6.07, 6.45) is 3.73. The van der Waals surface area contributed by atoms with Gasteiger partial charge in [-0.3, -0.25) is 0 Å². The number of aromatic carboxylic acids is 1. The molecule has 3 aromatic rings. The van der Waals surface area contributed by atoms with E-state index in [0.29, 0.717) is 48.9 Å². The molecule has 6 nitrogen and oxygen atoms in total. The summed E-state index contributed by atoms with van der Waals surface area (Å²) in [5.74, 6) is -0.701. The standard InChI is InChI=1S/C27H27ClFNO5/c1-15-3-2-4-21(28)23(15)24-19(25(35-30-24)16-5-6-16)14-34-18-9-11-27(33,12-10-18)20-8-7-17(26(31)32)13-22(20)29/h2-4,7-8,13,16,18,33H,5-6,9-12,14H2,1H3,(H,31,32). The minimum absolute atomic E-state index is 0.112. The number of benzene rings is 2. The fraction of sp³-hybridized carbons (Fsp3) is 0.407. The van der Waals surface area contributed by atoms with E-state index in [1.165, 1.54) is 12.1 Å². The van der Waals surface area contributed by atoms with Crippen LogP contribution in [-0.4, -0.2) is 27.4 Å². The number of aliphatic hydroxyl groups is 1. The molecule has 2 aliphatic carbocycles. The molecule has 35 heavy (non-hydrogen) atoms. The number of hydrogen-bond donors (Lipinski definition) is 2. The number of rotatable bonds is 7. The highest BCUT2D eigenvalue weighted by atomic mass is 35.5. The van der Waals surface area contributed by atoms with Crippen LogP contribution in [0.15, 0.2) is 40.9 Å². The zero-order valence-corrected chi connectivity index (χ0v) is 20.1. The Hall–Kier alpha value is -2.74. The third kappa shape index (κ3) is 4.73. The second kappa shape index (κ2) is 9.37. The van der Waals surface area contributed by atoms with Crippen molar-refractivity contribution in [2.45, 2.75) is 69.7 Å². The van der Waals surface area contributed by atoms with Gasteiger partial charge in [-0.25, -0.2) is 9.18 Å². The minimum Gasteiger partial charge on any atom is -0.478 e. The fourth-order valence-electron chi connectivity index (χ4n) is 4.99. The monoisotopic (exact) mass is 499 g/mol. The van der Waals surface area contributed by atoms with E-state index < -0.39 is 17.4 Å². The summed E-state index contributed by atoms with van der Waals surface area (Å²) in [4.78, 5) is 11.1. The molecular formula is C27H27ClFNO5. The Morgan fingerprint density at radius 2 is 1.97 bits per heavy atom. The molecule has 8 heteroatoms. The summed E-state index contributed by atoms with van der Waals surface area (Å²) >= 11 is 6.51. The molecule has 0 aliphatic heterocycles. The lowest BCUT2D eigenvalue weighted by Gasteiger charge is -2.36. The Morgan fingerprint density at radius 1 is 1.23 bits per heavy atom. The molecule has 184 valence electrons. The molecule has 2 saturated carbocycles. The molecule has 1 aromatic heterocycles. The van der Waals surface area contributed by atoms with Gasteiger partial charge in [-0.05, 0) is 69.2 Å². The molecule has 0 unspecified atom stereocenters. The molecule has 2 N–H and O–H groups in total. The number of aromatic nitrogens is 1. The largest absolute Gasteiger partial charge is 0.478 e. The van der Waals surface area contributed by atoms with Crippen molar-refractivity contribution in [3.05, 3.63) is 75.3 Å². The van der Waals surface area contributed by atoms with E-state index >= 15 is 0 Å². The molecule has 2 aliphatic rings. The van der Waals surface area contributed by atoms with Crippen molar-refractivity contribution in [2.24, 2.45) is 0 Å². The van der Waals surface area contributed by atoms with Crippen LogP contribution in [0.2, 0.25) is 5.02 Å². The second-order valence-corrected chi connectivity index (χ2v) is 10.0. The smallest absolute Gasteiger partial charge is 0.335 e. The van der Waals surface area contributed by atoms with E-state index in [0.717, 1.165) is 41.4 Å². The van der Waals surface area contributed by atoms with Crippen molar-refractivity contribution in [3.8, 4) is 11.3 Å². The van der Waals surface area contributed by atoms with Gasteiger partial charge in [-0.15, -0.1) is 0 Å². The Kier molecular flexibility index (Phi) is 6.42. The molecule has 1 heterocycles. The van der Waals surface area contributed by atoms with Gasteiger partial charge in [0, 0.05) is 22.6 Å². The van der Waals surface area contributed by atoms with Gasteiger partial charge in [0.25, 0.3) is 0 Å². The van der Waals surface area contributed by atoms with Crippen molar-refractivity contribution in [1.82, 2.24) is 5.16 Å². The van der Waals surface area contributed by atoms with Crippen LogP contribution in [0, 0.1) is 12.7 Å². The predicted molar refractivity (Wildman–Crippen MR) is 128 cm³/mol. The molecule has 0 amide bonds. The topological polar surface area (TPSA) is 92.8 Å². The Labute approximate surface area is 207 Å². The van der Waals surface area contributed by atoms with Crippen LogP contribution in [0.3, 0.4) is 0 Å². The van der Waals surface area contributed by atoms with Crippen molar-refractivity contribution in [3.63, 3.8) is 0 Å². The molecule has 0 atom stereocenters. The Morgan fingerprint density at radius 3 is 2.60 bits per heavy atom. The number of carboxylic acid groups (broad SMARTS) is 1. The van der Waals surface area contributed by atoms with Crippen molar-refractivity contribution in [2.75, 3.05) is 0 Å². The highest BCUT2D eigenvalue weighted by Crippen LogP contribution is 2.46. The number of nitrogens with zero attached hydrogens (tertiary/aromatic N) is 1. The van der Waals surface area contributed by atoms with Crippen molar-refractivity contribution >= 4 is 17.6 Å². The minimum atomic E-state index is -1.35. The van der Waals surface area contributed by atoms with Gasteiger partial charge in [0.2, 0.25) is 0 Å². The van der Waals surface area contributed by atoms with Crippen LogP contribution in [0.1, 0.15) is 77.3 Å². The number of carbonyl (C=O) groups is 1. The van der Waals surface area contributed by atoms with Gasteiger partial charge in [0.05, 0.1) is 28.9 Å². The average molecular weight is 500 g/mol. The first-order valence-corrected chi connectivity index (χ1v) is 12.3. The lowest BCUT2D eigenvalue weighted by Crippen LogP contribution is -2.35. The van der Waals surface area contributed by atoms with E-state index in [-0.39, 0.29) is 17.2 Å². The molecule has 0 bridgehead atoms. The van der Waals surface area contributed by atoms with E-state index in [4.69, 9.17) is 26.0 Å². The molecular weight excluding hydrogens is 473 g/mol. The summed E-state index contributed by atoms with van der Waals surface area (Å²) in [7, 11) is 0. The first kappa shape index (κ1) is 24.0. The summed E-state index contributed by atoms with van der Waals surface area (Å²) in [6, 6.07) is 9.38.